The maximum atomic E-state index is 13.0. The van der Waals surface area contributed by atoms with Crippen LogP contribution in [0, 0.1) is 0 Å². The molecule has 1 saturated heterocycles. The lowest BCUT2D eigenvalue weighted by Gasteiger charge is -2.25. The van der Waals surface area contributed by atoms with Crippen LogP contribution in [0.2, 0.25) is 0 Å². The van der Waals surface area contributed by atoms with Gasteiger partial charge in [-0.25, -0.2) is 4.68 Å². The van der Waals surface area contributed by atoms with Crippen LogP contribution in [0.5, 0.6) is 0 Å². The number of benzene rings is 1. The smallest absolute Gasteiger partial charge is 0.266 e. The van der Waals surface area contributed by atoms with E-state index in [1.54, 1.807) is 18.5 Å². The largest absolute Gasteiger partial charge is 0.334 e. The number of carbonyl (C=O) groups excluding carboxylic acids is 1. The maximum Gasteiger partial charge on any atom is 0.266 e. The number of aromatic nitrogens is 3. The molecule has 1 unspecified atom stereocenters. The summed E-state index contributed by atoms with van der Waals surface area (Å²) in [5, 5.41) is 5.06. The lowest BCUT2D eigenvalue weighted by atomic mass is 10.1. The Labute approximate surface area is 144 Å². The van der Waals surface area contributed by atoms with Gasteiger partial charge in [0.2, 0.25) is 0 Å². The summed E-state index contributed by atoms with van der Waals surface area (Å²) in [6.07, 6.45) is 5.15. The summed E-state index contributed by atoms with van der Waals surface area (Å²) in [6, 6.07) is 12.5. The normalized spacial score (nSPS) is 17.1. The topological polar surface area (TPSA) is 68.1 Å². The fraction of sp³-hybridized carbons (Fsp3) is 0.263. The molecule has 0 bridgehead atoms. The third-order valence-electron chi connectivity index (χ3n) is 4.66. The van der Waals surface area contributed by atoms with Gasteiger partial charge in [-0.3, -0.25) is 14.6 Å². The molecule has 1 aliphatic heterocycles. The van der Waals surface area contributed by atoms with Crippen LogP contribution >= 0.6 is 0 Å². The summed E-state index contributed by atoms with van der Waals surface area (Å²) in [7, 11) is 0. The molecule has 126 valence electrons. The second-order valence-corrected chi connectivity index (χ2v) is 6.25. The fourth-order valence-electron chi connectivity index (χ4n) is 3.39. The van der Waals surface area contributed by atoms with Crippen molar-refractivity contribution in [3.05, 3.63) is 70.8 Å². The van der Waals surface area contributed by atoms with Gasteiger partial charge in [0.15, 0.2) is 0 Å². The van der Waals surface area contributed by atoms with Crippen molar-refractivity contribution in [2.45, 2.75) is 25.4 Å². The molecule has 25 heavy (non-hydrogen) atoms. The molecule has 0 spiro atoms. The molecule has 0 saturated carbocycles. The predicted molar refractivity (Wildman–Crippen MR) is 94.3 cm³/mol. The van der Waals surface area contributed by atoms with E-state index >= 15 is 0 Å². The minimum absolute atomic E-state index is 0.00256. The van der Waals surface area contributed by atoms with E-state index in [0.29, 0.717) is 18.7 Å². The number of amides is 1. The van der Waals surface area contributed by atoms with E-state index in [0.717, 1.165) is 23.7 Å². The van der Waals surface area contributed by atoms with Gasteiger partial charge in [0.1, 0.15) is 0 Å². The first-order valence-corrected chi connectivity index (χ1v) is 8.40. The molecule has 1 fully saturated rings. The van der Waals surface area contributed by atoms with Crippen LogP contribution in [0.1, 0.15) is 23.2 Å². The number of rotatable bonds is 3. The summed E-state index contributed by atoms with van der Waals surface area (Å²) in [5.41, 5.74) is 1.39. The van der Waals surface area contributed by atoms with Crippen LogP contribution in [0.25, 0.3) is 10.9 Å². The molecular formula is C19H18N4O2. The number of hydrogen-bond acceptors (Lipinski definition) is 4. The summed E-state index contributed by atoms with van der Waals surface area (Å²) in [5.74, 6) is -0.00256. The molecule has 2 aromatic heterocycles. The Morgan fingerprint density at radius 2 is 2.04 bits per heavy atom. The molecular weight excluding hydrogens is 316 g/mol. The molecule has 6 heteroatoms. The van der Waals surface area contributed by atoms with Crippen LogP contribution in [-0.4, -0.2) is 38.2 Å². The zero-order chi connectivity index (χ0) is 17.2. The highest BCUT2D eigenvalue weighted by Crippen LogP contribution is 2.22. The summed E-state index contributed by atoms with van der Waals surface area (Å²) < 4.78 is 1.43. The highest BCUT2D eigenvalue weighted by molar-refractivity contribution is 5.98. The minimum Gasteiger partial charge on any atom is -0.334 e. The first kappa shape index (κ1) is 15.5. The molecule has 6 nitrogen and oxygen atoms in total. The van der Waals surface area contributed by atoms with Crippen LogP contribution in [-0.2, 0) is 6.54 Å². The second-order valence-electron chi connectivity index (χ2n) is 6.25. The van der Waals surface area contributed by atoms with E-state index in [4.69, 9.17) is 0 Å². The molecule has 0 N–H and O–H groups in total. The molecule has 1 atom stereocenters. The second kappa shape index (κ2) is 6.47. The summed E-state index contributed by atoms with van der Waals surface area (Å²) in [4.78, 5) is 31.0. The molecule has 1 amide bonds. The van der Waals surface area contributed by atoms with Gasteiger partial charge in [-0.2, -0.15) is 5.10 Å². The Bertz CT molecular complexity index is 982. The highest BCUT2D eigenvalue weighted by atomic mass is 16.2. The monoisotopic (exact) mass is 334 g/mol. The average molecular weight is 334 g/mol. The van der Waals surface area contributed by atoms with E-state index in [1.807, 2.05) is 35.2 Å². The van der Waals surface area contributed by atoms with Crippen molar-refractivity contribution in [2.24, 2.45) is 0 Å². The van der Waals surface area contributed by atoms with Gasteiger partial charge in [0.05, 0.1) is 18.1 Å². The van der Waals surface area contributed by atoms with Crippen LogP contribution < -0.4 is 5.56 Å². The van der Waals surface area contributed by atoms with E-state index in [-0.39, 0.29) is 17.5 Å². The average Bonchev–Trinajstić information content (AvgIpc) is 3.11. The maximum absolute atomic E-state index is 13.0. The van der Waals surface area contributed by atoms with Crippen molar-refractivity contribution >= 4 is 16.8 Å². The lowest BCUT2D eigenvalue weighted by Crippen LogP contribution is -2.40. The zero-order valence-corrected chi connectivity index (χ0v) is 13.7. The van der Waals surface area contributed by atoms with Crippen LogP contribution in [0.15, 0.2) is 59.7 Å². The molecule has 0 radical (unpaired) electrons. The highest BCUT2D eigenvalue weighted by Gasteiger charge is 2.30. The van der Waals surface area contributed by atoms with Gasteiger partial charge in [0, 0.05) is 36.0 Å². The number of nitrogens with zero attached hydrogens (tertiary/aromatic N) is 4. The van der Waals surface area contributed by atoms with Crippen LogP contribution in [0.4, 0.5) is 0 Å². The van der Waals surface area contributed by atoms with E-state index in [2.05, 4.69) is 10.1 Å². The molecule has 0 aliphatic carbocycles. The minimum atomic E-state index is -0.140. The van der Waals surface area contributed by atoms with Crippen molar-refractivity contribution in [2.75, 3.05) is 6.54 Å². The number of pyridine rings is 1. The Balaban J connectivity index is 1.59. The first-order valence-electron chi connectivity index (χ1n) is 8.40. The van der Waals surface area contributed by atoms with Crippen molar-refractivity contribution < 1.29 is 4.79 Å². The quantitative estimate of drug-likeness (QED) is 0.735. The van der Waals surface area contributed by atoms with Gasteiger partial charge in [-0.1, -0.05) is 6.07 Å². The van der Waals surface area contributed by atoms with Crippen molar-refractivity contribution in [1.29, 1.82) is 0 Å². The number of fused-ring (bicyclic) bond motifs is 1. The standard InChI is InChI=1S/C19H18N4O2/c24-18-6-2-10-21-23(18)13-16-5-3-11-22(16)19(25)15-7-8-17-14(12-15)4-1-9-20-17/h1-2,4,6-10,12,16H,3,5,11,13H2. The summed E-state index contributed by atoms with van der Waals surface area (Å²) >= 11 is 0. The molecule has 4 rings (SSSR count). The predicted octanol–water partition coefficient (Wildman–Crippen LogP) is 2.10. The van der Waals surface area contributed by atoms with Gasteiger partial charge >= 0.3 is 0 Å². The Morgan fingerprint density at radius 1 is 1.16 bits per heavy atom. The van der Waals surface area contributed by atoms with E-state index in [1.165, 1.54) is 10.7 Å². The van der Waals surface area contributed by atoms with Gasteiger partial charge in [0.25, 0.3) is 11.5 Å². The lowest BCUT2D eigenvalue weighted by molar-refractivity contribution is 0.0720. The van der Waals surface area contributed by atoms with Gasteiger partial charge in [-0.05, 0) is 43.2 Å². The Hall–Kier alpha value is -3.02. The Kier molecular flexibility index (Phi) is 4.01. The van der Waals surface area contributed by atoms with E-state index < -0.39 is 0 Å². The first-order chi connectivity index (χ1) is 12.2. The van der Waals surface area contributed by atoms with Crippen molar-refractivity contribution in [1.82, 2.24) is 19.7 Å². The molecule has 1 aliphatic rings. The SMILES string of the molecule is O=C(c1ccc2ncccc2c1)N1CCCC1Cn1ncccc1=O. The van der Waals surface area contributed by atoms with Crippen LogP contribution in [0.3, 0.4) is 0 Å². The molecule has 1 aromatic carbocycles. The summed E-state index contributed by atoms with van der Waals surface area (Å²) in [6.45, 7) is 1.14. The van der Waals surface area contributed by atoms with E-state index in [9.17, 15) is 9.59 Å². The third kappa shape index (κ3) is 3.03. The number of carbonyl (C=O) groups is 1. The van der Waals surface area contributed by atoms with Gasteiger partial charge < -0.3 is 4.90 Å². The zero-order valence-electron chi connectivity index (χ0n) is 13.7. The van der Waals surface area contributed by atoms with Crippen molar-refractivity contribution in [3.63, 3.8) is 0 Å². The van der Waals surface area contributed by atoms with Crippen molar-refractivity contribution in [3.8, 4) is 0 Å². The Morgan fingerprint density at radius 3 is 2.92 bits per heavy atom. The number of hydrogen-bond donors (Lipinski definition) is 0. The third-order valence-corrected chi connectivity index (χ3v) is 4.66. The fourth-order valence-corrected chi connectivity index (χ4v) is 3.39. The number of likely N-dealkylation sites (tertiary alicyclic amines) is 1. The molecule has 3 heterocycles. The molecule has 3 aromatic rings. The van der Waals surface area contributed by atoms with Gasteiger partial charge in [-0.15, -0.1) is 0 Å².